The number of rotatable bonds is 3. The third kappa shape index (κ3) is 2.43. The fraction of sp³-hybridized carbons (Fsp3) is 0.500. The van der Waals surface area contributed by atoms with Crippen LogP contribution in [0, 0.1) is 0 Å². The van der Waals surface area contributed by atoms with Crippen LogP contribution < -0.4 is 10.2 Å². The maximum atomic E-state index is 12.0. The van der Waals surface area contributed by atoms with Crippen molar-refractivity contribution in [1.29, 1.82) is 0 Å². The zero-order valence-electron chi connectivity index (χ0n) is 10.7. The van der Waals surface area contributed by atoms with Gasteiger partial charge in [-0.15, -0.1) is 0 Å². The summed E-state index contributed by atoms with van der Waals surface area (Å²) >= 11 is 0. The van der Waals surface area contributed by atoms with Crippen molar-refractivity contribution < 1.29 is 4.79 Å². The minimum Gasteiger partial charge on any atom is -0.359 e. The Morgan fingerprint density at radius 2 is 2.00 bits per heavy atom. The largest absolute Gasteiger partial charge is 0.359 e. The van der Waals surface area contributed by atoms with Crippen molar-refractivity contribution in [2.24, 2.45) is 0 Å². The molecule has 0 aliphatic carbocycles. The second-order valence-electron chi connectivity index (χ2n) is 4.91. The molecular weight excluding hydrogens is 212 g/mol. The van der Waals surface area contributed by atoms with E-state index in [4.69, 9.17) is 0 Å². The molecule has 1 amide bonds. The zero-order valence-corrected chi connectivity index (χ0v) is 10.7. The van der Waals surface area contributed by atoms with Crippen LogP contribution in [0.5, 0.6) is 0 Å². The van der Waals surface area contributed by atoms with Crippen molar-refractivity contribution in [2.45, 2.75) is 39.3 Å². The number of para-hydroxylation sites is 1. The fourth-order valence-electron chi connectivity index (χ4n) is 2.31. The molecule has 1 atom stereocenters. The molecule has 3 nitrogen and oxygen atoms in total. The SMILES string of the molecule is CC(C)NC(=O)[C@@H](C)N1CCc2ccccc21. The molecule has 0 spiro atoms. The van der Waals surface area contributed by atoms with Crippen molar-refractivity contribution in [2.75, 3.05) is 11.4 Å². The lowest BCUT2D eigenvalue weighted by atomic mass is 10.1. The molecule has 0 unspecified atom stereocenters. The average molecular weight is 232 g/mol. The Bertz CT molecular complexity index is 414. The number of carbonyl (C=O) groups excluding carboxylic acids is 1. The first-order chi connectivity index (χ1) is 8.09. The van der Waals surface area contributed by atoms with Crippen LogP contribution in [-0.4, -0.2) is 24.5 Å². The molecule has 0 aromatic heterocycles. The lowest BCUT2D eigenvalue weighted by molar-refractivity contribution is -0.122. The monoisotopic (exact) mass is 232 g/mol. The molecule has 17 heavy (non-hydrogen) atoms. The molecule has 1 heterocycles. The van der Waals surface area contributed by atoms with Gasteiger partial charge in [-0.3, -0.25) is 4.79 Å². The van der Waals surface area contributed by atoms with Crippen molar-refractivity contribution in [1.82, 2.24) is 5.32 Å². The van der Waals surface area contributed by atoms with E-state index < -0.39 is 0 Å². The molecule has 0 saturated carbocycles. The van der Waals surface area contributed by atoms with E-state index in [-0.39, 0.29) is 18.0 Å². The van der Waals surface area contributed by atoms with Crippen LogP contribution in [0.25, 0.3) is 0 Å². The van der Waals surface area contributed by atoms with Gasteiger partial charge < -0.3 is 10.2 Å². The Labute approximate surface area is 103 Å². The third-order valence-electron chi connectivity index (χ3n) is 3.20. The molecule has 1 aliphatic rings. The van der Waals surface area contributed by atoms with E-state index in [2.05, 4.69) is 28.4 Å². The molecule has 1 N–H and O–H groups in total. The van der Waals surface area contributed by atoms with E-state index in [1.165, 1.54) is 11.3 Å². The van der Waals surface area contributed by atoms with Crippen LogP contribution in [0.3, 0.4) is 0 Å². The number of benzene rings is 1. The zero-order chi connectivity index (χ0) is 12.4. The molecule has 0 bridgehead atoms. The van der Waals surface area contributed by atoms with Gasteiger partial charge in [-0.2, -0.15) is 0 Å². The highest BCUT2D eigenvalue weighted by atomic mass is 16.2. The maximum Gasteiger partial charge on any atom is 0.242 e. The van der Waals surface area contributed by atoms with E-state index in [1.54, 1.807) is 0 Å². The summed E-state index contributed by atoms with van der Waals surface area (Å²) in [7, 11) is 0. The van der Waals surface area contributed by atoms with Crippen molar-refractivity contribution in [3.05, 3.63) is 29.8 Å². The summed E-state index contributed by atoms with van der Waals surface area (Å²) in [6.07, 6.45) is 1.04. The summed E-state index contributed by atoms with van der Waals surface area (Å²) in [5.41, 5.74) is 2.55. The van der Waals surface area contributed by atoms with Crippen LogP contribution in [0.1, 0.15) is 26.3 Å². The van der Waals surface area contributed by atoms with Crippen molar-refractivity contribution in [3.8, 4) is 0 Å². The van der Waals surface area contributed by atoms with Crippen molar-refractivity contribution in [3.63, 3.8) is 0 Å². The molecule has 0 saturated heterocycles. The second kappa shape index (κ2) is 4.78. The van der Waals surface area contributed by atoms with Crippen LogP contribution in [0.4, 0.5) is 5.69 Å². The molecule has 1 aromatic carbocycles. The number of hydrogen-bond donors (Lipinski definition) is 1. The predicted octanol–water partition coefficient (Wildman–Crippen LogP) is 1.96. The quantitative estimate of drug-likeness (QED) is 0.864. The summed E-state index contributed by atoms with van der Waals surface area (Å²) in [6.45, 7) is 6.89. The van der Waals surface area contributed by atoms with E-state index in [0.29, 0.717) is 0 Å². The first-order valence-electron chi connectivity index (χ1n) is 6.24. The molecule has 1 aliphatic heterocycles. The Hall–Kier alpha value is -1.51. The van der Waals surface area contributed by atoms with Gasteiger partial charge in [0.15, 0.2) is 0 Å². The van der Waals surface area contributed by atoms with Gasteiger partial charge in [0.25, 0.3) is 0 Å². The third-order valence-corrected chi connectivity index (χ3v) is 3.20. The maximum absolute atomic E-state index is 12.0. The normalized spacial score (nSPS) is 15.9. The Kier molecular flexibility index (Phi) is 3.36. The molecule has 1 aromatic rings. The van der Waals surface area contributed by atoms with E-state index in [9.17, 15) is 4.79 Å². The summed E-state index contributed by atoms with van der Waals surface area (Å²) in [5.74, 6) is 0.108. The van der Waals surface area contributed by atoms with Gasteiger partial charge in [0.1, 0.15) is 6.04 Å². The number of carbonyl (C=O) groups is 1. The minimum atomic E-state index is -0.0963. The van der Waals surface area contributed by atoms with Gasteiger partial charge in [0, 0.05) is 18.3 Å². The highest BCUT2D eigenvalue weighted by molar-refractivity contribution is 5.85. The molecular formula is C14H20N2O. The molecule has 3 heteroatoms. The average Bonchev–Trinajstić information content (AvgIpc) is 2.70. The highest BCUT2D eigenvalue weighted by Crippen LogP contribution is 2.29. The summed E-state index contributed by atoms with van der Waals surface area (Å²) in [4.78, 5) is 14.2. The Morgan fingerprint density at radius 3 is 2.71 bits per heavy atom. The summed E-state index contributed by atoms with van der Waals surface area (Å²) in [5, 5.41) is 2.97. The molecule has 2 rings (SSSR count). The van der Waals surface area contributed by atoms with E-state index in [0.717, 1.165) is 13.0 Å². The number of nitrogens with one attached hydrogen (secondary N) is 1. The smallest absolute Gasteiger partial charge is 0.242 e. The minimum absolute atomic E-state index is 0.0963. The van der Waals surface area contributed by atoms with Crippen LogP contribution in [0.2, 0.25) is 0 Å². The molecule has 92 valence electrons. The van der Waals surface area contributed by atoms with Gasteiger partial charge in [-0.1, -0.05) is 18.2 Å². The van der Waals surface area contributed by atoms with Gasteiger partial charge >= 0.3 is 0 Å². The van der Waals surface area contributed by atoms with Crippen LogP contribution in [0.15, 0.2) is 24.3 Å². The van der Waals surface area contributed by atoms with E-state index >= 15 is 0 Å². The summed E-state index contributed by atoms with van der Waals surface area (Å²) < 4.78 is 0. The lowest BCUT2D eigenvalue weighted by Gasteiger charge is -2.27. The van der Waals surface area contributed by atoms with Gasteiger partial charge in [-0.25, -0.2) is 0 Å². The Morgan fingerprint density at radius 1 is 1.29 bits per heavy atom. The summed E-state index contributed by atoms with van der Waals surface area (Å²) in [6, 6.07) is 8.43. The first-order valence-corrected chi connectivity index (χ1v) is 6.24. The van der Waals surface area contributed by atoms with Crippen molar-refractivity contribution >= 4 is 11.6 Å². The molecule has 0 radical (unpaired) electrons. The Balaban J connectivity index is 2.12. The van der Waals surface area contributed by atoms with Crippen LogP contribution in [-0.2, 0) is 11.2 Å². The number of anilines is 1. The lowest BCUT2D eigenvalue weighted by Crippen LogP contribution is -2.46. The van der Waals surface area contributed by atoms with Crippen LogP contribution >= 0.6 is 0 Å². The highest BCUT2D eigenvalue weighted by Gasteiger charge is 2.27. The number of hydrogen-bond acceptors (Lipinski definition) is 2. The van der Waals surface area contributed by atoms with E-state index in [1.807, 2.05) is 26.8 Å². The standard InChI is InChI=1S/C14H20N2O/c1-10(2)15-14(17)11(3)16-9-8-12-6-4-5-7-13(12)16/h4-7,10-11H,8-9H2,1-3H3,(H,15,17)/t11-/m1/s1. The number of fused-ring (bicyclic) bond motifs is 1. The number of amides is 1. The van der Waals surface area contributed by atoms with Gasteiger partial charge in [0.2, 0.25) is 5.91 Å². The van der Waals surface area contributed by atoms with Gasteiger partial charge in [-0.05, 0) is 38.8 Å². The second-order valence-corrected chi connectivity index (χ2v) is 4.91. The fourth-order valence-corrected chi connectivity index (χ4v) is 2.31. The molecule has 0 fully saturated rings. The predicted molar refractivity (Wildman–Crippen MR) is 70.2 cm³/mol. The number of nitrogens with zero attached hydrogens (tertiary/aromatic N) is 1. The first kappa shape index (κ1) is 12.0. The van der Waals surface area contributed by atoms with Gasteiger partial charge in [0.05, 0.1) is 0 Å². The topological polar surface area (TPSA) is 32.3 Å².